The zero-order valence-electron chi connectivity index (χ0n) is 16.7. The summed E-state index contributed by atoms with van der Waals surface area (Å²) >= 11 is 0. The van der Waals surface area contributed by atoms with Crippen LogP contribution in [0, 0.1) is 13.8 Å². The van der Waals surface area contributed by atoms with Crippen molar-refractivity contribution in [3.63, 3.8) is 0 Å². The standard InChI is InChI=1S/C24H23N3O2/c1-15-16(2)26-23-20(15)5-4-6-21(23)24(28)27-22(18-11-13-25-14-12-18)17-7-9-19(29-3)10-8-17/h4-14,22,26H,1-3H3,(H,27,28). The number of carbonyl (C=O) groups excluding carboxylic acids is 1. The van der Waals surface area contributed by atoms with Crippen molar-refractivity contribution < 1.29 is 9.53 Å². The Morgan fingerprint density at radius 2 is 1.69 bits per heavy atom. The van der Waals surface area contributed by atoms with Crippen molar-refractivity contribution in [2.24, 2.45) is 0 Å². The fourth-order valence-corrected chi connectivity index (χ4v) is 3.59. The number of aromatic amines is 1. The number of methoxy groups -OCH3 is 1. The normalized spacial score (nSPS) is 12.0. The smallest absolute Gasteiger partial charge is 0.254 e. The minimum absolute atomic E-state index is 0.130. The van der Waals surface area contributed by atoms with Crippen LogP contribution in [-0.4, -0.2) is 23.0 Å². The third-order valence-electron chi connectivity index (χ3n) is 5.35. The number of benzene rings is 2. The number of para-hydroxylation sites is 1. The molecule has 0 aliphatic carbocycles. The van der Waals surface area contributed by atoms with Gasteiger partial charge in [-0.15, -0.1) is 0 Å². The van der Waals surface area contributed by atoms with Gasteiger partial charge in [-0.1, -0.05) is 24.3 Å². The summed E-state index contributed by atoms with van der Waals surface area (Å²) in [5, 5.41) is 4.27. The summed E-state index contributed by atoms with van der Waals surface area (Å²) in [4.78, 5) is 20.7. The van der Waals surface area contributed by atoms with Crippen LogP contribution in [0.3, 0.4) is 0 Å². The van der Waals surface area contributed by atoms with Gasteiger partial charge in [-0.05, 0) is 60.9 Å². The minimum atomic E-state index is -0.302. The molecule has 2 aromatic carbocycles. The number of nitrogens with zero attached hydrogens (tertiary/aromatic N) is 1. The summed E-state index contributed by atoms with van der Waals surface area (Å²) in [5.74, 6) is 0.644. The predicted molar refractivity (Wildman–Crippen MR) is 114 cm³/mol. The number of ether oxygens (including phenoxy) is 1. The maximum atomic E-state index is 13.3. The second-order valence-corrected chi connectivity index (χ2v) is 7.06. The van der Waals surface area contributed by atoms with Crippen LogP contribution >= 0.6 is 0 Å². The molecule has 1 unspecified atom stereocenters. The highest BCUT2D eigenvalue weighted by Gasteiger charge is 2.20. The number of hydrogen-bond acceptors (Lipinski definition) is 3. The molecule has 4 rings (SSSR count). The van der Waals surface area contributed by atoms with E-state index in [1.807, 2.05) is 61.5 Å². The third kappa shape index (κ3) is 3.59. The molecule has 0 saturated heterocycles. The molecule has 5 heteroatoms. The number of amides is 1. The fraction of sp³-hybridized carbons (Fsp3) is 0.167. The van der Waals surface area contributed by atoms with Crippen molar-refractivity contribution in [1.29, 1.82) is 0 Å². The highest BCUT2D eigenvalue weighted by Crippen LogP contribution is 2.27. The van der Waals surface area contributed by atoms with E-state index in [-0.39, 0.29) is 11.9 Å². The first-order valence-electron chi connectivity index (χ1n) is 9.51. The summed E-state index contributed by atoms with van der Waals surface area (Å²) in [7, 11) is 1.64. The molecule has 0 bridgehead atoms. The lowest BCUT2D eigenvalue weighted by Crippen LogP contribution is -2.29. The SMILES string of the molecule is COc1ccc(C(NC(=O)c2cccc3c(C)c(C)[nH]c23)c2ccncc2)cc1. The highest BCUT2D eigenvalue weighted by molar-refractivity contribution is 6.07. The molecule has 0 fully saturated rings. The molecule has 0 saturated carbocycles. The van der Waals surface area contributed by atoms with Crippen molar-refractivity contribution in [3.8, 4) is 5.75 Å². The van der Waals surface area contributed by atoms with E-state index in [1.54, 1.807) is 19.5 Å². The van der Waals surface area contributed by atoms with Crippen molar-refractivity contribution >= 4 is 16.8 Å². The summed E-state index contributed by atoms with van der Waals surface area (Å²) in [6.07, 6.45) is 3.47. The van der Waals surface area contributed by atoms with Gasteiger partial charge in [0, 0.05) is 23.5 Å². The first-order valence-corrected chi connectivity index (χ1v) is 9.51. The molecule has 29 heavy (non-hydrogen) atoms. The van der Waals surface area contributed by atoms with E-state index < -0.39 is 0 Å². The number of H-pyrrole nitrogens is 1. The molecule has 2 aromatic heterocycles. The van der Waals surface area contributed by atoms with E-state index in [2.05, 4.69) is 22.2 Å². The van der Waals surface area contributed by atoms with E-state index in [4.69, 9.17) is 4.74 Å². The van der Waals surface area contributed by atoms with Crippen molar-refractivity contribution in [1.82, 2.24) is 15.3 Å². The number of nitrogens with one attached hydrogen (secondary N) is 2. The average molecular weight is 385 g/mol. The summed E-state index contributed by atoms with van der Waals surface area (Å²) in [6.45, 7) is 4.08. The van der Waals surface area contributed by atoms with Crippen LogP contribution in [0.4, 0.5) is 0 Å². The van der Waals surface area contributed by atoms with Gasteiger partial charge in [0.05, 0.1) is 24.2 Å². The highest BCUT2D eigenvalue weighted by atomic mass is 16.5. The second-order valence-electron chi connectivity index (χ2n) is 7.06. The Hall–Kier alpha value is -3.60. The predicted octanol–water partition coefficient (Wildman–Crippen LogP) is 4.71. The van der Waals surface area contributed by atoms with Gasteiger partial charge >= 0.3 is 0 Å². The molecule has 2 N–H and O–H groups in total. The number of aromatic nitrogens is 2. The monoisotopic (exact) mass is 385 g/mol. The Balaban J connectivity index is 1.73. The molecule has 0 spiro atoms. The Bertz CT molecular complexity index is 1150. The molecule has 5 nitrogen and oxygen atoms in total. The molecule has 2 heterocycles. The van der Waals surface area contributed by atoms with Crippen molar-refractivity contribution in [3.05, 3.63) is 94.9 Å². The maximum Gasteiger partial charge on any atom is 0.254 e. The molecular formula is C24H23N3O2. The number of pyridine rings is 1. The molecule has 0 radical (unpaired) electrons. The van der Waals surface area contributed by atoms with Crippen LogP contribution in [0.15, 0.2) is 67.0 Å². The first-order chi connectivity index (χ1) is 14.1. The van der Waals surface area contributed by atoms with Crippen LogP contribution in [0.25, 0.3) is 10.9 Å². The van der Waals surface area contributed by atoms with Crippen LogP contribution in [0.1, 0.15) is 38.8 Å². The van der Waals surface area contributed by atoms with Crippen LogP contribution in [-0.2, 0) is 0 Å². The molecule has 4 aromatic rings. The molecular weight excluding hydrogens is 362 g/mol. The molecule has 0 aliphatic heterocycles. The molecule has 1 atom stereocenters. The quantitative estimate of drug-likeness (QED) is 0.523. The van der Waals surface area contributed by atoms with E-state index >= 15 is 0 Å². The summed E-state index contributed by atoms with van der Waals surface area (Å²) in [6, 6.07) is 17.1. The summed E-state index contributed by atoms with van der Waals surface area (Å²) in [5.41, 5.74) is 5.66. The number of aryl methyl sites for hydroxylation is 2. The first kappa shape index (κ1) is 18.7. The number of fused-ring (bicyclic) bond motifs is 1. The maximum absolute atomic E-state index is 13.3. The molecule has 1 amide bonds. The van der Waals surface area contributed by atoms with Gasteiger partial charge in [-0.2, -0.15) is 0 Å². The molecule has 0 aliphatic rings. The largest absolute Gasteiger partial charge is 0.497 e. The molecule has 146 valence electrons. The van der Waals surface area contributed by atoms with Gasteiger partial charge in [-0.25, -0.2) is 0 Å². The Morgan fingerprint density at radius 1 is 1.00 bits per heavy atom. The lowest BCUT2D eigenvalue weighted by Gasteiger charge is -2.20. The van der Waals surface area contributed by atoms with Gasteiger partial charge in [0.25, 0.3) is 5.91 Å². The van der Waals surface area contributed by atoms with E-state index in [1.165, 1.54) is 0 Å². The van der Waals surface area contributed by atoms with E-state index in [0.29, 0.717) is 5.56 Å². The number of rotatable bonds is 5. The zero-order chi connectivity index (χ0) is 20.4. The van der Waals surface area contributed by atoms with Crippen LogP contribution < -0.4 is 10.1 Å². The Kier molecular flexibility index (Phi) is 5.04. The summed E-state index contributed by atoms with van der Waals surface area (Å²) < 4.78 is 5.27. The van der Waals surface area contributed by atoms with Gasteiger partial charge in [0.2, 0.25) is 0 Å². The fourth-order valence-electron chi connectivity index (χ4n) is 3.59. The van der Waals surface area contributed by atoms with Gasteiger partial charge in [0.1, 0.15) is 5.75 Å². The van der Waals surface area contributed by atoms with Gasteiger partial charge in [-0.3, -0.25) is 9.78 Å². The number of hydrogen-bond donors (Lipinski definition) is 2. The van der Waals surface area contributed by atoms with E-state index in [9.17, 15) is 4.79 Å². The van der Waals surface area contributed by atoms with Gasteiger partial charge in [0.15, 0.2) is 0 Å². The average Bonchev–Trinajstić information content (AvgIpc) is 3.06. The Labute approximate surface area is 169 Å². The topological polar surface area (TPSA) is 67.0 Å². The lowest BCUT2D eigenvalue weighted by molar-refractivity contribution is 0.0944. The Morgan fingerprint density at radius 3 is 2.38 bits per heavy atom. The van der Waals surface area contributed by atoms with Crippen LogP contribution in [0.2, 0.25) is 0 Å². The second kappa shape index (κ2) is 7.80. The zero-order valence-corrected chi connectivity index (χ0v) is 16.7. The van der Waals surface area contributed by atoms with Crippen molar-refractivity contribution in [2.75, 3.05) is 7.11 Å². The van der Waals surface area contributed by atoms with Crippen molar-refractivity contribution in [2.45, 2.75) is 19.9 Å². The third-order valence-corrected chi connectivity index (χ3v) is 5.35. The minimum Gasteiger partial charge on any atom is -0.497 e. The lowest BCUT2D eigenvalue weighted by atomic mass is 9.98. The number of carbonyl (C=O) groups is 1. The van der Waals surface area contributed by atoms with E-state index in [0.717, 1.165) is 39.0 Å². The van der Waals surface area contributed by atoms with Gasteiger partial charge < -0.3 is 15.0 Å². The van der Waals surface area contributed by atoms with Crippen LogP contribution in [0.5, 0.6) is 5.75 Å².